The molecule has 0 atom stereocenters. The van der Waals surface area contributed by atoms with E-state index in [1.165, 1.54) is 12.1 Å². The summed E-state index contributed by atoms with van der Waals surface area (Å²) in [5.74, 6) is 0.295. The number of primary amides is 1. The van der Waals surface area contributed by atoms with Crippen LogP contribution in [0.2, 0.25) is 10.0 Å². The molecule has 0 aromatic heterocycles. The van der Waals surface area contributed by atoms with E-state index in [0.717, 1.165) is 0 Å². The number of carbonyl (C=O) groups excluding carboxylic acids is 1. The van der Waals surface area contributed by atoms with Crippen LogP contribution in [0.1, 0.15) is 10.4 Å². The number of amides is 1. The molecule has 2 aromatic carbocycles. The number of nitrogen functional groups attached to an aromatic ring is 1. The third-order valence-corrected chi connectivity index (χ3v) is 2.79. The largest absolute Gasteiger partial charge is 0.455 e. The van der Waals surface area contributed by atoms with Gasteiger partial charge in [0.1, 0.15) is 11.5 Å². The first-order valence-corrected chi connectivity index (χ1v) is 6.04. The van der Waals surface area contributed by atoms with Gasteiger partial charge in [-0.15, -0.1) is 0 Å². The molecule has 0 radical (unpaired) electrons. The van der Waals surface area contributed by atoms with Crippen molar-refractivity contribution >= 4 is 34.8 Å². The number of ether oxygens (including phenoxy) is 1. The Kier molecular flexibility index (Phi) is 3.83. The van der Waals surface area contributed by atoms with E-state index in [1.807, 2.05) is 0 Å². The van der Waals surface area contributed by atoms with Crippen LogP contribution in [0.5, 0.6) is 11.5 Å². The van der Waals surface area contributed by atoms with Gasteiger partial charge in [-0.1, -0.05) is 23.2 Å². The minimum atomic E-state index is -0.552. The number of hydrogen-bond donors (Lipinski definition) is 2. The number of rotatable bonds is 3. The first-order valence-electron chi connectivity index (χ1n) is 5.29. The maximum Gasteiger partial charge on any atom is 0.248 e. The molecule has 4 N–H and O–H groups in total. The normalized spacial score (nSPS) is 10.2. The van der Waals surface area contributed by atoms with E-state index in [4.69, 9.17) is 39.4 Å². The van der Waals surface area contributed by atoms with E-state index in [0.29, 0.717) is 32.8 Å². The molecule has 1 amide bonds. The Hall–Kier alpha value is -1.91. The third kappa shape index (κ3) is 3.30. The molecule has 0 aliphatic rings. The zero-order valence-corrected chi connectivity index (χ0v) is 11.2. The predicted octanol–water partition coefficient (Wildman–Crippen LogP) is 3.47. The van der Waals surface area contributed by atoms with Crippen molar-refractivity contribution in [3.63, 3.8) is 0 Å². The van der Waals surface area contributed by atoms with Gasteiger partial charge in [0.25, 0.3) is 0 Å². The highest BCUT2D eigenvalue weighted by Gasteiger charge is 2.07. The van der Waals surface area contributed by atoms with Crippen LogP contribution < -0.4 is 16.2 Å². The van der Waals surface area contributed by atoms with Crippen LogP contribution in [-0.4, -0.2) is 5.91 Å². The van der Waals surface area contributed by atoms with Gasteiger partial charge >= 0.3 is 0 Å². The summed E-state index contributed by atoms with van der Waals surface area (Å²) in [5, 5.41) is 0.907. The summed E-state index contributed by atoms with van der Waals surface area (Å²) < 4.78 is 5.56. The van der Waals surface area contributed by atoms with Crippen molar-refractivity contribution in [3.05, 3.63) is 52.0 Å². The van der Waals surface area contributed by atoms with Gasteiger partial charge in [0.15, 0.2) is 0 Å². The smallest absolute Gasteiger partial charge is 0.248 e. The molecule has 0 aliphatic carbocycles. The molecule has 0 unspecified atom stereocenters. The topological polar surface area (TPSA) is 78.3 Å². The molecule has 2 rings (SSSR count). The van der Waals surface area contributed by atoms with Crippen LogP contribution in [0.3, 0.4) is 0 Å². The van der Waals surface area contributed by atoms with Crippen molar-refractivity contribution < 1.29 is 9.53 Å². The van der Waals surface area contributed by atoms with Gasteiger partial charge in [-0.25, -0.2) is 0 Å². The van der Waals surface area contributed by atoms with E-state index in [2.05, 4.69) is 0 Å². The fourth-order valence-electron chi connectivity index (χ4n) is 1.51. The molecule has 0 saturated heterocycles. The average molecular weight is 297 g/mol. The summed E-state index contributed by atoms with van der Waals surface area (Å²) in [7, 11) is 0. The van der Waals surface area contributed by atoms with E-state index >= 15 is 0 Å². The monoisotopic (exact) mass is 296 g/mol. The highest BCUT2D eigenvalue weighted by atomic mass is 35.5. The van der Waals surface area contributed by atoms with Crippen LogP contribution in [0.25, 0.3) is 0 Å². The maximum atomic E-state index is 11.0. The van der Waals surface area contributed by atoms with Crippen molar-refractivity contribution in [1.82, 2.24) is 0 Å². The molecule has 4 nitrogen and oxygen atoms in total. The molecule has 2 aromatic rings. The van der Waals surface area contributed by atoms with Gasteiger partial charge in [-0.2, -0.15) is 0 Å². The molecule has 19 heavy (non-hydrogen) atoms. The molecule has 0 fully saturated rings. The van der Waals surface area contributed by atoms with E-state index in [-0.39, 0.29) is 0 Å². The van der Waals surface area contributed by atoms with Gasteiger partial charge < -0.3 is 16.2 Å². The number of carbonyl (C=O) groups is 1. The van der Waals surface area contributed by atoms with Crippen LogP contribution in [0.15, 0.2) is 36.4 Å². The average Bonchev–Trinajstić information content (AvgIpc) is 2.30. The van der Waals surface area contributed by atoms with Crippen molar-refractivity contribution in [2.45, 2.75) is 0 Å². The van der Waals surface area contributed by atoms with E-state index < -0.39 is 5.91 Å². The van der Waals surface area contributed by atoms with Crippen molar-refractivity contribution in [2.24, 2.45) is 5.73 Å². The lowest BCUT2D eigenvalue weighted by Crippen LogP contribution is -2.11. The fourth-order valence-corrected chi connectivity index (χ4v) is 2.02. The molecule has 98 valence electrons. The Morgan fingerprint density at radius 1 is 1.05 bits per heavy atom. The van der Waals surface area contributed by atoms with Gasteiger partial charge in [-0.05, 0) is 36.4 Å². The van der Waals surface area contributed by atoms with Gasteiger partial charge in [0.05, 0.1) is 5.69 Å². The number of anilines is 1. The number of halogens is 2. The molecular weight excluding hydrogens is 287 g/mol. The molecule has 0 heterocycles. The molecule has 0 bridgehead atoms. The maximum absolute atomic E-state index is 11.0. The van der Waals surface area contributed by atoms with Gasteiger partial charge in [0.2, 0.25) is 5.91 Å². The SMILES string of the molecule is NC(=O)c1ccc(Oc2cc(Cl)cc(Cl)c2)c(N)c1. The van der Waals surface area contributed by atoms with Crippen LogP contribution in [-0.2, 0) is 0 Å². The lowest BCUT2D eigenvalue weighted by molar-refractivity contribution is 0.100. The highest BCUT2D eigenvalue weighted by molar-refractivity contribution is 6.34. The van der Waals surface area contributed by atoms with E-state index in [1.54, 1.807) is 24.3 Å². The van der Waals surface area contributed by atoms with Crippen molar-refractivity contribution in [1.29, 1.82) is 0 Å². The minimum absolute atomic E-state index is 0.299. The zero-order chi connectivity index (χ0) is 14.0. The van der Waals surface area contributed by atoms with E-state index in [9.17, 15) is 4.79 Å². The van der Waals surface area contributed by atoms with Gasteiger partial charge in [-0.3, -0.25) is 4.79 Å². The molecular formula is C13H10Cl2N2O2. The highest BCUT2D eigenvalue weighted by Crippen LogP contribution is 2.31. The van der Waals surface area contributed by atoms with Gasteiger partial charge in [0, 0.05) is 15.6 Å². The molecule has 0 saturated carbocycles. The Morgan fingerprint density at radius 2 is 1.68 bits per heavy atom. The standard InChI is InChI=1S/C13H10Cl2N2O2/c14-8-4-9(15)6-10(5-8)19-12-2-1-7(13(17)18)3-11(12)16/h1-6H,16H2,(H2,17,18). The van der Waals surface area contributed by atoms with Crippen LogP contribution in [0, 0.1) is 0 Å². The Balaban J connectivity index is 2.30. The quantitative estimate of drug-likeness (QED) is 0.851. The van der Waals surface area contributed by atoms with Crippen molar-refractivity contribution in [2.75, 3.05) is 5.73 Å². The first kappa shape index (κ1) is 13.5. The molecule has 0 aliphatic heterocycles. The third-order valence-electron chi connectivity index (χ3n) is 2.36. The summed E-state index contributed by atoms with van der Waals surface area (Å²) in [6.07, 6.45) is 0. The summed E-state index contributed by atoms with van der Waals surface area (Å²) in [4.78, 5) is 11.0. The second-order valence-electron chi connectivity index (χ2n) is 3.82. The van der Waals surface area contributed by atoms with Crippen LogP contribution >= 0.6 is 23.2 Å². The van der Waals surface area contributed by atoms with Crippen LogP contribution in [0.4, 0.5) is 5.69 Å². The summed E-state index contributed by atoms with van der Waals surface area (Å²) in [6.45, 7) is 0. The number of hydrogen-bond acceptors (Lipinski definition) is 3. The number of nitrogens with two attached hydrogens (primary N) is 2. The minimum Gasteiger partial charge on any atom is -0.455 e. The first-order chi connectivity index (χ1) is 8.95. The summed E-state index contributed by atoms with van der Waals surface area (Å²) in [5.41, 5.74) is 11.6. The number of benzene rings is 2. The fraction of sp³-hybridized carbons (Fsp3) is 0. The lowest BCUT2D eigenvalue weighted by Gasteiger charge is -2.10. The second-order valence-corrected chi connectivity index (χ2v) is 4.70. The predicted molar refractivity (Wildman–Crippen MR) is 75.9 cm³/mol. The molecule has 6 heteroatoms. The molecule has 0 spiro atoms. The second kappa shape index (κ2) is 5.38. The zero-order valence-electron chi connectivity index (χ0n) is 9.69. The lowest BCUT2D eigenvalue weighted by atomic mass is 10.2. The Labute approximate surface area is 119 Å². The summed E-state index contributed by atoms with van der Waals surface area (Å²) >= 11 is 11.7. The summed E-state index contributed by atoms with van der Waals surface area (Å²) in [6, 6.07) is 9.34. The Bertz CT molecular complexity index is 624. The van der Waals surface area contributed by atoms with Crippen molar-refractivity contribution in [3.8, 4) is 11.5 Å². The Morgan fingerprint density at radius 3 is 2.21 bits per heavy atom.